The van der Waals surface area contributed by atoms with E-state index in [0.717, 1.165) is 16.7 Å². The topological polar surface area (TPSA) is 50.3 Å². The van der Waals surface area contributed by atoms with Gasteiger partial charge in [0.1, 0.15) is 10.0 Å². The molecule has 3 aromatic rings. The first kappa shape index (κ1) is 19.4. The van der Waals surface area contributed by atoms with Gasteiger partial charge in [-0.05, 0) is 35.7 Å². The van der Waals surface area contributed by atoms with Crippen molar-refractivity contribution in [1.29, 1.82) is 0 Å². The van der Waals surface area contributed by atoms with Crippen LogP contribution in [0.3, 0.4) is 0 Å². The van der Waals surface area contributed by atoms with Gasteiger partial charge in [0.05, 0.1) is 22.9 Å². The third kappa shape index (κ3) is 4.48. The molecule has 0 saturated carbocycles. The van der Waals surface area contributed by atoms with E-state index in [9.17, 15) is 13.4 Å². The molecule has 0 saturated heterocycles. The molecule has 1 unspecified atom stereocenters. The van der Waals surface area contributed by atoms with Gasteiger partial charge in [-0.2, -0.15) is 0 Å². The molecular formula is C20H19FN2O2S2. The van der Waals surface area contributed by atoms with E-state index in [1.807, 2.05) is 30.3 Å². The fourth-order valence-corrected chi connectivity index (χ4v) is 4.60. The zero-order chi connectivity index (χ0) is 19.6. The van der Waals surface area contributed by atoms with Gasteiger partial charge in [-0.3, -0.25) is 13.9 Å². The van der Waals surface area contributed by atoms with Crippen LogP contribution in [0.5, 0.6) is 0 Å². The first-order chi connectivity index (χ1) is 12.8. The highest BCUT2D eigenvalue weighted by Crippen LogP contribution is 2.28. The molecule has 0 fully saturated rings. The lowest BCUT2D eigenvalue weighted by Gasteiger charge is -2.14. The van der Waals surface area contributed by atoms with Crippen LogP contribution in [-0.4, -0.2) is 28.4 Å². The summed E-state index contributed by atoms with van der Waals surface area (Å²) in [5.41, 5.74) is 3.24. The predicted molar refractivity (Wildman–Crippen MR) is 108 cm³/mol. The number of likely N-dealkylation sites (N-methyl/N-ethyl adjacent to an activating group) is 1. The molecular weight excluding hydrogens is 383 g/mol. The molecule has 140 valence electrons. The first-order valence-corrected chi connectivity index (χ1v) is 10.6. The number of thiazole rings is 1. The summed E-state index contributed by atoms with van der Waals surface area (Å²) in [5.74, 6) is -0.379. The number of hydrogen-bond donors (Lipinski definition) is 0. The Labute approximate surface area is 164 Å². The number of anilines is 1. The second-order valence-corrected chi connectivity index (χ2v) is 8.71. The summed E-state index contributed by atoms with van der Waals surface area (Å²) in [6.07, 6.45) is 1.83. The number of aromatic nitrogens is 1. The van der Waals surface area contributed by atoms with Crippen LogP contribution < -0.4 is 4.90 Å². The van der Waals surface area contributed by atoms with Crippen LogP contribution in [0.1, 0.15) is 11.3 Å². The highest BCUT2D eigenvalue weighted by atomic mass is 32.2. The minimum Gasteiger partial charge on any atom is -0.291 e. The highest BCUT2D eigenvalue weighted by molar-refractivity contribution is 7.86. The van der Waals surface area contributed by atoms with Crippen molar-refractivity contribution in [2.24, 2.45) is 0 Å². The molecule has 0 aliphatic carbocycles. The van der Waals surface area contributed by atoms with E-state index < -0.39 is 10.8 Å². The van der Waals surface area contributed by atoms with Gasteiger partial charge in [0.25, 0.3) is 0 Å². The van der Waals surface area contributed by atoms with Crippen molar-refractivity contribution in [2.75, 3.05) is 18.2 Å². The van der Waals surface area contributed by atoms with Crippen molar-refractivity contribution in [1.82, 2.24) is 4.98 Å². The smallest absolute Gasteiger partial charge is 0.232 e. The zero-order valence-corrected chi connectivity index (χ0v) is 16.9. The Morgan fingerprint density at radius 3 is 2.48 bits per heavy atom. The summed E-state index contributed by atoms with van der Waals surface area (Å²) in [7, 11) is 0.552. The standard InChI is InChI=1S/C20H19FN2O2S2/c1-13-19(27(3)25)26-20(22-13)23(2)18(24)11-14-7-9-15(10-8-14)16-5-4-6-17(21)12-16/h4-10,12H,11H2,1-3H3. The summed E-state index contributed by atoms with van der Waals surface area (Å²) in [5, 5.41) is 0.541. The molecule has 1 amide bonds. The monoisotopic (exact) mass is 402 g/mol. The fourth-order valence-electron chi connectivity index (χ4n) is 2.66. The molecule has 0 spiro atoms. The maximum absolute atomic E-state index is 13.4. The highest BCUT2D eigenvalue weighted by Gasteiger charge is 2.18. The predicted octanol–water partition coefficient (Wildman–Crippen LogP) is 4.20. The zero-order valence-electron chi connectivity index (χ0n) is 15.2. The minimum absolute atomic E-state index is 0.101. The molecule has 1 heterocycles. The normalized spacial score (nSPS) is 12.0. The van der Waals surface area contributed by atoms with Crippen molar-refractivity contribution in [3.05, 3.63) is 65.6 Å². The molecule has 27 heavy (non-hydrogen) atoms. The summed E-state index contributed by atoms with van der Waals surface area (Å²) in [6, 6.07) is 13.9. The third-order valence-corrected chi connectivity index (χ3v) is 6.93. The molecule has 0 aliphatic heterocycles. The lowest BCUT2D eigenvalue weighted by atomic mass is 10.0. The van der Waals surface area contributed by atoms with Crippen molar-refractivity contribution in [3.8, 4) is 11.1 Å². The Morgan fingerprint density at radius 1 is 1.19 bits per heavy atom. The second-order valence-electron chi connectivity index (χ2n) is 6.16. The molecule has 0 aliphatic rings. The Hall–Kier alpha value is -2.38. The van der Waals surface area contributed by atoms with E-state index >= 15 is 0 Å². The Bertz CT molecular complexity index is 999. The molecule has 4 nitrogen and oxygen atoms in total. The van der Waals surface area contributed by atoms with Crippen LogP contribution in [0.15, 0.2) is 52.7 Å². The number of amides is 1. The number of benzene rings is 2. The minimum atomic E-state index is -1.12. The van der Waals surface area contributed by atoms with Crippen molar-refractivity contribution in [3.63, 3.8) is 0 Å². The summed E-state index contributed by atoms with van der Waals surface area (Å²) >= 11 is 1.27. The summed E-state index contributed by atoms with van der Waals surface area (Å²) in [4.78, 5) is 18.4. The largest absolute Gasteiger partial charge is 0.291 e. The SMILES string of the molecule is Cc1nc(N(C)C(=O)Cc2ccc(-c3cccc(F)c3)cc2)sc1S(C)=O. The van der Waals surface area contributed by atoms with Crippen LogP contribution in [0.4, 0.5) is 9.52 Å². The third-order valence-electron chi connectivity index (χ3n) is 4.13. The summed E-state index contributed by atoms with van der Waals surface area (Å²) < 4.78 is 25.7. The average molecular weight is 403 g/mol. The number of carbonyl (C=O) groups excluding carboxylic acids is 1. The number of halogens is 1. The van der Waals surface area contributed by atoms with Gasteiger partial charge in [-0.1, -0.05) is 47.7 Å². The quantitative estimate of drug-likeness (QED) is 0.643. The van der Waals surface area contributed by atoms with Crippen molar-refractivity contribution >= 4 is 33.2 Å². The molecule has 1 aromatic heterocycles. The van der Waals surface area contributed by atoms with Crippen LogP contribution >= 0.6 is 11.3 Å². The molecule has 0 N–H and O–H groups in total. The first-order valence-electron chi connectivity index (χ1n) is 8.27. The molecule has 3 rings (SSSR count). The van der Waals surface area contributed by atoms with Gasteiger partial charge < -0.3 is 0 Å². The lowest BCUT2D eigenvalue weighted by molar-refractivity contribution is -0.117. The van der Waals surface area contributed by atoms with Gasteiger partial charge >= 0.3 is 0 Å². The van der Waals surface area contributed by atoms with E-state index in [1.54, 1.807) is 26.3 Å². The summed E-state index contributed by atoms with van der Waals surface area (Å²) in [6.45, 7) is 1.79. The van der Waals surface area contributed by atoms with Crippen LogP contribution in [-0.2, 0) is 22.0 Å². The van der Waals surface area contributed by atoms with E-state index in [2.05, 4.69) is 4.98 Å². The van der Waals surface area contributed by atoms with Gasteiger partial charge in [0, 0.05) is 13.3 Å². The Balaban J connectivity index is 1.72. The average Bonchev–Trinajstić information content (AvgIpc) is 3.03. The Morgan fingerprint density at radius 2 is 1.89 bits per heavy atom. The van der Waals surface area contributed by atoms with E-state index in [0.29, 0.717) is 15.0 Å². The number of aryl methyl sites for hydroxylation is 1. The van der Waals surface area contributed by atoms with Crippen LogP contribution in [0.25, 0.3) is 11.1 Å². The molecule has 7 heteroatoms. The molecule has 1 atom stereocenters. The molecule has 0 bridgehead atoms. The number of nitrogens with zero attached hydrogens (tertiary/aromatic N) is 2. The molecule has 2 aromatic carbocycles. The van der Waals surface area contributed by atoms with E-state index in [4.69, 9.17) is 0 Å². The number of rotatable bonds is 5. The maximum atomic E-state index is 13.4. The van der Waals surface area contributed by atoms with E-state index in [1.165, 1.54) is 28.4 Å². The maximum Gasteiger partial charge on any atom is 0.232 e. The number of carbonyl (C=O) groups is 1. The lowest BCUT2D eigenvalue weighted by Crippen LogP contribution is -2.27. The molecule has 0 radical (unpaired) electrons. The van der Waals surface area contributed by atoms with Gasteiger partial charge in [0.15, 0.2) is 5.13 Å². The van der Waals surface area contributed by atoms with Crippen molar-refractivity contribution in [2.45, 2.75) is 17.6 Å². The van der Waals surface area contributed by atoms with Crippen LogP contribution in [0.2, 0.25) is 0 Å². The van der Waals surface area contributed by atoms with E-state index in [-0.39, 0.29) is 18.1 Å². The second kappa shape index (κ2) is 8.10. The van der Waals surface area contributed by atoms with Gasteiger partial charge in [0.2, 0.25) is 5.91 Å². The van der Waals surface area contributed by atoms with Gasteiger partial charge in [-0.25, -0.2) is 9.37 Å². The van der Waals surface area contributed by atoms with Gasteiger partial charge in [-0.15, -0.1) is 0 Å². The fraction of sp³-hybridized carbons (Fsp3) is 0.200. The number of hydrogen-bond acceptors (Lipinski definition) is 4. The van der Waals surface area contributed by atoms with Crippen molar-refractivity contribution < 1.29 is 13.4 Å². The Kier molecular flexibility index (Phi) is 5.82. The van der Waals surface area contributed by atoms with Crippen LogP contribution in [0, 0.1) is 12.7 Å².